The molecular formula is C17H19NO4S. The van der Waals surface area contributed by atoms with Crippen LogP contribution in [-0.2, 0) is 21.2 Å². The van der Waals surface area contributed by atoms with Crippen molar-refractivity contribution in [3.63, 3.8) is 0 Å². The third-order valence-corrected chi connectivity index (χ3v) is 4.96. The molecular weight excluding hydrogens is 314 g/mol. The summed E-state index contributed by atoms with van der Waals surface area (Å²) in [5.41, 5.74) is 1.50. The average Bonchev–Trinajstić information content (AvgIpc) is 2.66. The zero-order valence-electron chi connectivity index (χ0n) is 12.7. The lowest BCUT2D eigenvalue weighted by atomic mass is 10.1. The molecule has 1 aliphatic rings. The molecule has 23 heavy (non-hydrogen) atoms. The Balaban J connectivity index is 1.87. The molecule has 2 aromatic carbocycles. The van der Waals surface area contributed by atoms with E-state index in [9.17, 15) is 8.42 Å². The Hall–Kier alpha value is -2.05. The Morgan fingerprint density at radius 1 is 0.957 bits per heavy atom. The molecule has 1 N–H and O–H groups in total. The van der Waals surface area contributed by atoms with Gasteiger partial charge in [0.05, 0.1) is 18.1 Å². The molecule has 0 atom stereocenters. The van der Waals surface area contributed by atoms with E-state index in [1.165, 1.54) is 0 Å². The van der Waals surface area contributed by atoms with E-state index < -0.39 is 10.0 Å². The van der Waals surface area contributed by atoms with Crippen LogP contribution in [0.4, 0.5) is 5.69 Å². The van der Waals surface area contributed by atoms with Gasteiger partial charge >= 0.3 is 0 Å². The number of nitrogens with one attached hydrogen (secondary N) is 1. The molecule has 2 aromatic rings. The molecule has 122 valence electrons. The first kappa shape index (κ1) is 15.8. The quantitative estimate of drug-likeness (QED) is 0.938. The van der Waals surface area contributed by atoms with Crippen LogP contribution in [-0.4, -0.2) is 28.2 Å². The molecule has 6 heteroatoms. The van der Waals surface area contributed by atoms with Crippen molar-refractivity contribution in [1.82, 2.24) is 0 Å². The number of fused-ring (bicyclic) bond motifs is 1. The summed E-state index contributed by atoms with van der Waals surface area (Å²) in [5, 5.41) is 0. The lowest BCUT2D eigenvalue weighted by molar-refractivity contribution is 0.128. The van der Waals surface area contributed by atoms with E-state index in [2.05, 4.69) is 4.72 Å². The first-order valence-electron chi connectivity index (χ1n) is 7.56. The van der Waals surface area contributed by atoms with Crippen molar-refractivity contribution < 1.29 is 17.9 Å². The minimum Gasteiger partial charge on any atom is -0.493 e. The lowest BCUT2D eigenvalue weighted by Crippen LogP contribution is -2.13. The molecule has 3 rings (SSSR count). The second-order valence-corrected chi connectivity index (χ2v) is 6.99. The van der Waals surface area contributed by atoms with Crippen molar-refractivity contribution in [3.05, 3.63) is 54.1 Å². The van der Waals surface area contributed by atoms with Gasteiger partial charge in [-0.15, -0.1) is 0 Å². The number of hydrogen-bond donors (Lipinski definition) is 1. The third-order valence-electron chi connectivity index (χ3n) is 3.58. The van der Waals surface area contributed by atoms with Gasteiger partial charge in [-0.25, -0.2) is 8.42 Å². The topological polar surface area (TPSA) is 64.6 Å². The van der Waals surface area contributed by atoms with Gasteiger partial charge in [-0.2, -0.15) is 0 Å². The van der Waals surface area contributed by atoms with Gasteiger partial charge in [0.15, 0.2) is 0 Å². The van der Waals surface area contributed by atoms with Gasteiger partial charge in [0, 0.05) is 24.8 Å². The largest absolute Gasteiger partial charge is 0.493 e. The molecule has 0 radical (unpaired) electrons. The summed E-state index contributed by atoms with van der Waals surface area (Å²) in [6.07, 6.45) is 1.50. The number of hydrogen-bond acceptors (Lipinski definition) is 4. The summed E-state index contributed by atoms with van der Waals surface area (Å²) in [6, 6.07) is 13.8. The Morgan fingerprint density at radius 3 is 2.61 bits per heavy atom. The number of benzene rings is 2. The van der Waals surface area contributed by atoms with Crippen LogP contribution in [0.5, 0.6) is 5.75 Å². The van der Waals surface area contributed by atoms with Crippen LogP contribution >= 0.6 is 0 Å². The van der Waals surface area contributed by atoms with E-state index in [1.807, 2.05) is 6.07 Å². The smallest absolute Gasteiger partial charge is 0.262 e. The van der Waals surface area contributed by atoms with E-state index in [4.69, 9.17) is 9.47 Å². The van der Waals surface area contributed by atoms with Gasteiger partial charge in [0.2, 0.25) is 0 Å². The number of anilines is 1. The monoisotopic (exact) mass is 333 g/mol. The predicted octanol–water partition coefficient (Wildman–Crippen LogP) is 2.83. The lowest BCUT2D eigenvalue weighted by Gasteiger charge is -2.13. The van der Waals surface area contributed by atoms with Crippen LogP contribution in [0.1, 0.15) is 12.0 Å². The van der Waals surface area contributed by atoms with Crippen LogP contribution < -0.4 is 9.46 Å². The van der Waals surface area contributed by atoms with Crippen LogP contribution in [0, 0.1) is 0 Å². The molecule has 0 spiro atoms. The number of para-hydroxylation sites is 1. The van der Waals surface area contributed by atoms with Gasteiger partial charge in [0.1, 0.15) is 5.75 Å². The van der Waals surface area contributed by atoms with Crippen molar-refractivity contribution >= 4 is 15.7 Å². The number of sulfonamides is 1. The summed E-state index contributed by atoms with van der Waals surface area (Å²) in [7, 11) is -3.64. The maximum Gasteiger partial charge on any atom is 0.262 e. The predicted molar refractivity (Wildman–Crippen MR) is 88.3 cm³/mol. The van der Waals surface area contributed by atoms with Crippen LogP contribution in [0.2, 0.25) is 0 Å². The highest BCUT2D eigenvalue weighted by Crippen LogP contribution is 2.26. The average molecular weight is 333 g/mol. The van der Waals surface area contributed by atoms with Gasteiger partial charge in [0.25, 0.3) is 10.0 Å². The van der Waals surface area contributed by atoms with E-state index in [-0.39, 0.29) is 4.90 Å². The zero-order valence-corrected chi connectivity index (χ0v) is 13.5. The highest BCUT2D eigenvalue weighted by Gasteiger charge is 2.17. The van der Waals surface area contributed by atoms with Crippen molar-refractivity contribution in [2.24, 2.45) is 0 Å². The highest BCUT2D eigenvalue weighted by molar-refractivity contribution is 7.92. The first-order chi connectivity index (χ1) is 11.1. The normalized spacial score (nSPS) is 15.5. The number of ether oxygens (including phenoxy) is 2. The maximum atomic E-state index is 12.5. The van der Waals surface area contributed by atoms with Crippen molar-refractivity contribution in [3.8, 4) is 5.75 Å². The molecule has 0 unspecified atom stereocenters. The number of rotatable bonds is 3. The standard InChI is InChI=1S/C17H19NO4S/c19-23(20,18-15-5-2-1-3-6-15)16-8-7-14-9-12-21-10-4-11-22-17(14)13-16/h1-3,5-8,13,18H,4,9-12H2. The van der Waals surface area contributed by atoms with E-state index >= 15 is 0 Å². The Labute approximate surface area is 136 Å². The van der Waals surface area contributed by atoms with E-state index in [0.29, 0.717) is 37.7 Å². The molecule has 0 aliphatic carbocycles. The van der Waals surface area contributed by atoms with Crippen LogP contribution in [0.25, 0.3) is 0 Å². The summed E-state index contributed by atoms with van der Waals surface area (Å²) in [4.78, 5) is 0.195. The van der Waals surface area contributed by atoms with Crippen molar-refractivity contribution in [1.29, 1.82) is 0 Å². The van der Waals surface area contributed by atoms with E-state index in [0.717, 1.165) is 12.0 Å². The Bertz CT molecular complexity index is 759. The highest BCUT2D eigenvalue weighted by atomic mass is 32.2. The van der Waals surface area contributed by atoms with Crippen molar-refractivity contribution in [2.75, 3.05) is 24.5 Å². The summed E-state index contributed by atoms with van der Waals surface area (Å²) in [6.45, 7) is 1.79. The molecule has 0 saturated carbocycles. The van der Waals surface area contributed by atoms with Gasteiger partial charge in [-0.1, -0.05) is 24.3 Å². The second-order valence-electron chi connectivity index (χ2n) is 5.31. The van der Waals surface area contributed by atoms with Gasteiger partial charge < -0.3 is 9.47 Å². The van der Waals surface area contributed by atoms with Gasteiger partial charge in [-0.05, 0) is 30.2 Å². The molecule has 1 aliphatic heterocycles. The molecule has 0 aromatic heterocycles. The summed E-state index contributed by atoms with van der Waals surface area (Å²) >= 11 is 0. The molecule has 5 nitrogen and oxygen atoms in total. The van der Waals surface area contributed by atoms with Gasteiger partial charge in [-0.3, -0.25) is 4.72 Å². The fraction of sp³-hybridized carbons (Fsp3) is 0.294. The second kappa shape index (κ2) is 7.02. The molecule has 0 amide bonds. The Kier molecular flexibility index (Phi) is 4.83. The molecule has 0 fully saturated rings. The van der Waals surface area contributed by atoms with E-state index in [1.54, 1.807) is 42.5 Å². The molecule has 1 heterocycles. The SMILES string of the molecule is O=S(=O)(Nc1ccccc1)c1ccc2c(c1)OCCCOCC2. The Morgan fingerprint density at radius 2 is 1.78 bits per heavy atom. The molecule has 0 bridgehead atoms. The first-order valence-corrected chi connectivity index (χ1v) is 9.05. The van der Waals surface area contributed by atoms with Crippen LogP contribution in [0.3, 0.4) is 0 Å². The fourth-order valence-electron chi connectivity index (χ4n) is 2.39. The maximum absolute atomic E-state index is 12.5. The summed E-state index contributed by atoms with van der Waals surface area (Å²) < 4.78 is 38.8. The molecule has 0 saturated heterocycles. The third kappa shape index (κ3) is 4.03. The minimum atomic E-state index is -3.64. The minimum absolute atomic E-state index is 0.195. The van der Waals surface area contributed by atoms with Crippen LogP contribution in [0.15, 0.2) is 53.4 Å². The fourth-order valence-corrected chi connectivity index (χ4v) is 3.46. The van der Waals surface area contributed by atoms with Crippen molar-refractivity contribution in [2.45, 2.75) is 17.7 Å². The zero-order chi connectivity index (χ0) is 16.1. The summed E-state index contributed by atoms with van der Waals surface area (Å²) in [5.74, 6) is 0.617.